The smallest absolute Gasteiger partial charge is 0.160 e. The van der Waals surface area contributed by atoms with Gasteiger partial charge in [-0.1, -0.05) is 29.3 Å². The van der Waals surface area contributed by atoms with Gasteiger partial charge in [-0.05, 0) is 25.1 Å². The standard InChI is InChI=1S/C12H8Cl2OS/c1-7(15)8-5-11(16-6-8)12-9(13)3-2-4-10(12)14/h2-6H,1H3. The van der Waals surface area contributed by atoms with Gasteiger partial charge in [0.15, 0.2) is 5.78 Å². The van der Waals surface area contributed by atoms with E-state index in [2.05, 4.69) is 0 Å². The van der Waals surface area contributed by atoms with Crippen molar-refractivity contribution in [1.29, 1.82) is 0 Å². The maximum absolute atomic E-state index is 11.2. The molecule has 1 nitrogen and oxygen atoms in total. The Labute approximate surface area is 108 Å². The summed E-state index contributed by atoms with van der Waals surface area (Å²) < 4.78 is 0. The summed E-state index contributed by atoms with van der Waals surface area (Å²) in [6.45, 7) is 1.54. The second-order valence-corrected chi connectivity index (χ2v) is 5.08. The van der Waals surface area contributed by atoms with Crippen molar-refractivity contribution in [2.24, 2.45) is 0 Å². The average Bonchev–Trinajstić information content (AvgIpc) is 2.66. The maximum Gasteiger partial charge on any atom is 0.160 e. The van der Waals surface area contributed by atoms with Gasteiger partial charge in [0.25, 0.3) is 0 Å². The molecule has 1 aromatic heterocycles. The minimum atomic E-state index is 0.0469. The van der Waals surface area contributed by atoms with Crippen molar-refractivity contribution in [3.05, 3.63) is 45.3 Å². The van der Waals surface area contributed by atoms with Gasteiger partial charge in [-0.25, -0.2) is 0 Å². The number of carbonyl (C=O) groups is 1. The third kappa shape index (κ3) is 2.14. The molecule has 2 rings (SSSR count). The van der Waals surface area contributed by atoms with Gasteiger partial charge in [-0.2, -0.15) is 0 Å². The Morgan fingerprint density at radius 3 is 2.38 bits per heavy atom. The topological polar surface area (TPSA) is 17.1 Å². The second-order valence-electron chi connectivity index (χ2n) is 3.35. The molecule has 4 heteroatoms. The van der Waals surface area contributed by atoms with Gasteiger partial charge < -0.3 is 0 Å². The van der Waals surface area contributed by atoms with E-state index in [4.69, 9.17) is 23.2 Å². The summed E-state index contributed by atoms with van der Waals surface area (Å²) in [7, 11) is 0. The number of carbonyl (C=O) groups excluding carboxylic acids is 1. The van der Waals surface area contributed by atoms with Crippen LogP contribution in [0.25, 0.3) is 10.4 Å². The molecule has 0 aliphatic heterocycles. The Morgan fingerprint density at radius 1 is 1.25 bits per heavy atom. The molecule has 0 spiro atoms. The molecule has 0 radical (unpaired) electrons. The highest BCUT2D eigenvalue weighted by Gasteiger charge is 2.11. The first-order chi connectivity index (χ1) is 7.59. The van der Waals surface area contributed by atoms with Crippen LogP contribution in [0.3, 0.4) is 0 Å². The lowest BCUT2D eigenvalue weighted by atomic mass is 10.1. The van der Waals surface area contributed by atoms with Crippen LogP contribution < -0.4 is 0 Å². The van der Waals surface area contributed by atoms with E-state index in [9.17, 15) is 4.79 Å². The number of thiophene rings is 1. The fraction of sp³-hybridized carbons (Fsp3) is 0.0833. The van der Waals surface area contributed by atoms with Crippen LogP contribution in [0.5, 0.6) is 0 Å². The highest BCUT2D eigenvalue weighted by Crippen LogP contribution is 2.38. The van der Waals surface area contributed by atoms with Gasteiger partial charge in [0.1, 0.15) is 0 Å². The Balaban J connectivity index is 2.54. The van der Waals surface area contributed by atoms with E-state index in [-0.39, 0.29) is 5.78 Å². The van der Waals surface area contributed by atoms with Crippen LogP contribution in [-0.2, 0) is 0 Å². The van der Waals surface area contributed by atoms with Crippen molar-refractivity contribution in [1.82, 2.24) is 0 Å². The SMILES string of the molecule is CC(=O)c1csc(-c2c(Cl)cccc2Cl)c1. The maximum atomic E-state index is 11.2. The Kier molecular flexibility index (Phi) is 3.33. The summed E-state index contributed by atoms with van der Waals surface area (Å²) in [6, 6.07) is 7.19. The summed E-state index contributed by atoms with van der Waals surface area (Å²) in [5.41, 5.74) is 1.49. The minimum Gasteiger partial charge on any atom is -0.294 e. The fourth-order valence-corrected chi connectivity index (χ4v) is 3.12. The van der Waals surface area contributed by atoms with Crippen LogP contribution in [0.4, 0.5) is 0 Å². The highest BCUT2D eigenvalue weighted by molar-refractivity contribution is 7.14. The molecule has 0 aliphatic rings. The predicted octanol–water partition coefficient (Wildman–Crippen LogP) is 4.92. The lowest BCUT2D eigenvalue weighted by molar-refractivity contribution is 0.101. The molecule has 0 saturated heterocycles. The lowest BCUT2D eigenvalue weighted by Gasteiger charge is -2.03. The van der Waals surface area contributed by atoms with E-state index in [0.29, 0.717) is 15.6 Å². The summed E-state index contributed by atoms with van der Waals surface area (Å²) in [5.74, 6) is 0.0469. The lowest BCUT2D eigenvalue weighted by Crippen LogP contribution is -1.86. The minimum absolute atomic E-state index is 0.0469. The summed E-state index contributed by atoms with van der Waals surface area (Å²) in [5, 5.41) is 3.02. The van der Waals surface area contributed by atoms with E-state index in [0.717, 1.165) is 10.4 Å². The Morgan fingerprint density at radius 2 is 1.88 bits per heavy atom. The molecule has 0 atom stereocenters. The first kappa shape index (κ1) is 11.6. The van der Waals surface area contributed by atoms with Crippen LogP contribution in [0.15, 0.2) is 29.6 Å². The van der Waals surface area contributed by atoms with Gasteiger partial charge >= 0.3 is 0 Å². The van der Waals surface area contributed by atoms with Crippen molar-refractivity contribution < 1.29 is 4.79 Å². The number of ketones is 1. The van der Waals surface area contributed by atoms with Crippen molar-refractivity contribution in [3.8, 4) is 10.4 Å². The van der Waals surface area contributed by atoms with E-state index >= 15 is 0 Å². The number of Topliss-reactive ketones (excluding diaryl/α,β-unsaturated/α-hetero) is 1. The largest absolute Gasteiger partial charge is 0.294 e. The number of halogens is 2. The zero-order chi connectivity index (χ0) is 11.7. The van der Waals surface area contributed by atoms with Gasteiger partial charge in [0.2, 0.25) is 0 Å². The van der Waals surface area contributed by atoms with Crippen molar-refractivity contribution in [3.63, 3.8) is 0 Å². The molecule has 0 fully saturated rings. The molecule has 1 aromatic carbocycles. The average molecular weight is 271 g/mol. The number of hydrogen-bond acceptors (Lipinski definition) is 2. The third-order valence-corrected chi connectivity index (χ3v) is 3.79. The molecular weight excluding hydrogens is 263 g/mol. The molecule has 0 amide bonds. The Hall–Kier alpha value is -0.830. The van der Waals surface area contributed by atoms with Gasteiger partial charge in [-0.15, -0.1) is 11.3 Å². The summed E-state index contributed by atoms with van der Waals surface area (Å²) in [4.78, 5) is 12.1. The molecule has 0 aliphatic carbocycles. The fourth-order valence-electron chi connectivity index (χ4n) is 1.39. The van der Waals surface area contributed by atoms with E-state index < -0.39 is 0 Å². The Bertz CT molecular complexity index is 525. The van der Waals surface area contributed by atoms with Crippen LogP contribution >= 0.6 is 34.5 Å². The van der Waals surface area contributed by atoms with Crippen LogP contribution in [0.1, 0.15) is 17.3 Å². The van der Waals surface area contributed by atoms with Crippen LogP contribution in [0, 0.1) is 0 Å². The number of hydrogen-bond donors (Lipinski definition) is 0. The van der Waals surface area contributed by atoms with Gasteiger partial charge in [-0.3, -0.25) is 4.79 Å². The molecule has 0 saturated carbocycles. The van der Waals surface area contributed by atoms with Crippen LogP contribution in [0.2, 0.25) is 10.0 Å². The van der Waals surface area contributed by atoms with Gasteiger partial charge in [0, 0.05) is 21.4 Å². The number of rotatable bonds is 2. The molecule has 0 N–H and O–H groups in total. The van der Waals surface area contributed by atoms with Crippen LogP contribution in [-0.4, -0.2) is 5.78 Å². The monoisotopic (exact) mass is 270 g/mol. The third-order valence-electron chi connectivity index (χ3n) is 2.22. The van der Waals surface area contributed by atoms with E-state index in [1.165, 1.54) is 11.3 Å². The van der Waals surface area contributed by atoms with Gasteiger partial charge in [0.05, 0.1) is 10.0 Å². The normalized spacial score (nSPS) is 10.4. The molecule has 0 bridgehead atoms. The first-order valence-electron chi connectivity index (χ1n) is 4.63. The molecule has 0 unspecified atom stereocenters. The molecule has 16 heavy (non-hydrogen) atoms. The molecule has 82 valence electrons. The summed E-state index contributed by atoms with van der Waals surface area (Å²) >= 11 is 13.6. The van der Waals surface area contributed by atoms with E-state index in [1.807, 2.05) is 11.4 Å². The predicted molar refractivity (Wildman–Crippen MR) is 69.8 cm³/mol. The van der Waals surface area contributed by atoms with Crippen molar-refractivity contribution in [2.75, 3.05) is 0 Å². The highest BCUT2D eigenvalue weighted by atomic mass is 35.5. The summed E-state index contributed by atoms with van der Waals surface area (Å²) in [6.07, 6.45) is 0. The zero-order valence-corrected chi connectivity index (χ0v) is 10.8. The number of benzene rings is 1. The van der Waals surface area contributed by atoms with E-state index in [1.54, 1.807) is 25.1 Å². The van der Waals surface area contributed by atoms with Crippen molar-refractivity contribution >= 4 is 40.3 Å². The van der Waals surface area contributed by atoms with Crippen molar-refractivity contribution in [2.45, 2.75) is 6.92 Å². The quantitative estimate of drug-likeness (QED) is 0.708. The first-order valence-corrected chi connectivity index (χ1v) is 6.27. The zero-order valence-electron chi connectivity index (χ0n) is 8.46. The molecule has 2 aromatic rings. The second kappa shape index (κ2) is 4.58. The molecule has 1 heterocycles. The molecular formula is C12H8Cl2OS.